The molecule has 0 fully saturated rings. The van der Waals surface area contributed by atoms with Crippen molar-refractivity contribution in [2.24, 2.45) is 17.2 Å². The van der Waals surface area contributed by atoms with Crippen molar-refractivity contribution in [3.05, 3.63) is 144 Å². The highest BCUT2D eigenvalue weighted by Gasteiger charge is 2.34. The SMILES string of the molecule is C[C@@H](c1ccccc1)N(CC(N)=O)C(=O)CN(C(=O)CN(CCCCN)C(=O)CN(C(=O)CN(C(=O)CNCCCCN)[C@@H](C)c1ccccc1)[C@@H](C)c1ccccc1)[C@@H](C)c1ccccc1. The Bertz CT molecular complexity index is 2150. The van der Waals surface area contributed by atoms with Gasteiger partial charge in [-0.2, -0.15) is 0 Å². The lowest BCUT2D eigenvalue weighted by Crippen LogP contribution is -2.52. The summed E-state index contributed by atoms with van der Waals surface area (Å²) in [6, 6.07) is 35.0. The maximum atomic E-state index is 14.8. The Morgan fingerprint density at radius 3 is 1.13 bits per heavy atom. The van der Waals surface area contributed by atoms with Gasteiger partial charge < -0.3 is 47.0 Å². The van der Waals surface area contributed by atoms with Crippen LogP contribution in [0, 0.1) is 0 Å². The van der Waals surface area contributed by atoms with Crippen molar-refractivity contribution in [1.82, 2.24) is 29.8 Å². The van der Waals surface area contributed by atoms with Crippen LogP contribution in [0.3, 0.4) is 0 Å². The van der Waals surface area contributed by atoms with Crippen LogP contribution in [0.5, 0.6) is 0 Å². The van der Waals surface area contributed by atoms with E-state index in [1.165, 1.54) is 24.5 Å². The largest absolute Gasteiger partial charge is 0.368 e. The fraction of sp³-hybridized carbons (Fsp3) is 0.423. The first-order valence-electron chi connectivity index (χ1n) is 23.3. The van der Waals surface area contributed by atoms with E-state index in [1.54, 1.807) is 13.8 Å². The maximum Gasteiger partial charge on any atom is 0.243 e. The summed E-state index contributed by atoms with van der Waals surface area (Å²) < 4.78 is 0. The van der Waals surface area contributed by atoms with Gasteiger partial charge in [-0.3, -0.25) is 28.8 Å². The Labute approximate surface area is 396 Å². The molecule has 0 bridgehead atoms. The van der Waals surface area contributed by atoms with E-state index in [2.05, 4.69) is 5.32 Å². The van der Waals surface area contributed by atoms with Crippen LogP contribution in [-0.4, -0.2) is 125 Å². The van der Waals surface area contributed by atoms with Crippen molar-refractivity contribution in [2.45, 2.75) is 77.5 Å². The summed E-state index contributed by atoms with van der Waals surface area (Å²) in [7, 11) is 0. The molecule has 67 heavy (non-hydrogen) atoms. The minimum Gasteiger partial charge on any atom is -0.368 e. The average Bonchev–Trinajstić information content (AvgIpc) is 3.35. The quantitative estimate of drug-likeness (QED) is 0.0581. The Morgan fingerprint density at radius 2 is 0.761 bits per heavy atom. The van der Waals surface area contributed by atoms with E-state index < -0.39 is 73.3 Å². The van der Waals surface area contributed by atoms with Crippen molar-refractivity contribution in [1.29, 1.82) is 0 Å². The molecule has 6 amide bonds. The molecule has 0 aromatic heterocycles. The molecule has 0 aliphatic heterocycles. The van der Waals surface area contributed by atoms with E-state index in [9.17, 15) is 28.8 Å². The zero-order valence-electron chi connectivity index (χ0n) is 39.7. The van der Waals surface area contributed by atoms with Crippen molar-refractivity contribution < 1.29 is 28.8 Å². The topological polar surface area (TPSA) is 209 Å². The van der Waals surface area contributed by atoms with E-state index >= 15 is 0 Å². The molecule has 0 spiro atoms. The highest BCUT2D eigenvalue weighted by Crippen LogP contribution is 2.26. The lowest BCUT2D eigenvalue weighted by atomic mass is 10.0. The number of nitrogens with one attached hydrogen (secondary N) is 1. The number of carbonyl (C=O) groups excluding carboxylic acids is 6. The molecule has 4 aromatic rings. The van der Waals surface area contributed by atoms with Crippen LogP contribution in [0.4, 0.5) is 0 Å². The lowest BCUT2D eigenvalue weighted by molar-refractivity contribution is -0.150. The second-order valence-corrected chi connectivity index (χ2v) is 16.9. The molecule has 0 saturated heterocycles. The molecule has 360 valence electrons. The molecule has 0 aliphatic rings. The molecular formula is C52H71N9O6. The van der Waals surface area contributed by atoms with Crippen molar-refractivity contribution in [2.75, 3.05) is 65.4 Å². The molecule has 7 N–H and O–H groups in total. The summed E-state index contributed by atoms with van der Waals surface area (Å²) in [4.78, 5) is 92.2. The number of benzene rings is 4. The summed E-state index contributed by atoms with van der Waals surface area (Å²) in [5.74, 6) is -2.95. The molecule has 0 saturated carbocycles. The van der Waals surface area contributed by atoms with E-state index in [-0.39, 0.29) is 32.1 Å². The van der Waals surface area contributed by atoms with Gasteiger partial charge in [-0.25, -0.2) is 0 Å². The predicted octanol–water partition coefficient (Wildman–Crippen LogP) is 4.73. The minimum atomic E-state index is -0.706. The highest BCUT2D eigenvalue weighted by atomic mass is 16.2. The number of unbranched alkanes of at least 4 members (excludes halogenated alkanes) is 2. The monoisotopic (exact) mass is 918 g/mol. The van der Waals surface area contributed by atoms with Gasteiger partial charge in [0.1, 0.15) is 19.6 Å². The first kappa shape index (κ1) is 53.2. The van der Waals surface area contributed by atoms with Crippen molar-refractivity contribution in [3.8, 4) is 0 Å². The average molecular weight is 918 g/mol. The van der Waals surface area contributed by atoms with Crippen LogP contribution in [0.25, 0.3) is 0 Å². The van der Waals surface area contributed by atoms with Gasteiger partial charge in [0.15, 0.2) is 0 Å². The molecule has 4 atom stereocenters. The molecule has 0 heterocycles. The summed E-state index contributed by atoms with van der Waals surface area (Å²) in [5, 5.41) is 3.19. The van der Waals surface area contributed by atoms with Crippen LogP contribution >= 0.6 is 0 Å². The van der Waals surface area contributed by atoms with Gasteiger partial charge in [-0.15, -0.1) is 0 Å². The van der Waals surface area contributed by atoms with Crippen LogP contribution in [0.2, 0.25) is 0 Å². The van der Waals surface area contributed by atoms with Crippen LogP contribution in [-0.2, 0) is 28.8 Å². The van der Waals surface area contributed by atoms with Gasteiger partial charge in [0.05, 0.1) is 43.8 Å². The third-order valence-electron chi connectivity index (χ3n) is 12.2. The van der Waals surface area contributed by atoms with Crippen molar-refractivity contribution in [3.63, 3.8) is 0 Å². The molecule has 0 unspecified atom stereocenters. The fourth-order valence-corrected chi connectivity index (χ4v) is 7.98. The second-order valence-electron chi connectivity index (χ2n) is 16.9. The summed E-state index contributed by atoms with van der Waals surface area (Å²) in [5.41, 5.74) is 20.4. The Morgan fingerprint density at radius 1 is 0.433 bits per heavy atom. The second kappa shape index (κ2) is 27.9. The van der Waals surface area contributed by atoms with E-state index in [1.807, 2.05) is 135 Å². The number of carbonyl (C=O) groups is 6. The van der Waals surface area contributed by atoms with Gasteiger partial charge in [-0.1, -0.05) is 121 Å². The molecule has 4 aromatic carbocycles. The minimum absolute atomic E-state index is 0.00505. The fourth-order valence-electron chi connectivity index (χ4n) is 7.98. The van der Waals surface area contributed by atoms with Crippen LogP contribution < -0.4 is 22.5 Å². The lowest BCUT2D eigenvalue weighted by Gasteiger charge is -2.37. The number of nitrogens with two attached hydrogens (primary N) is 3. The van der Waals surface area contributed by atoms with Crippen LogP contribution in [0.15, 0.2) is 121 Å². The molecular weight excluding hydrogens is 847 g/mol. The first-order valence-corrected chi connectivity index (χ1v) is 23.3. The van der Waals surface area contributed by atoms with Gasteiger partial charge in [0.2, 0.25) is 35.4 Å². The Balaban J connectivity index is 1.68. The van der Waals surface area contributed by atoms with Crippen molar-refractivity contribution >= 4 is 35.4 Å². The summed E-state index contributed by atoms with van der Waals surface area (Å²) >= 11 is 0. The van der Waals surface area contributed by atoms with Gasteiger partial charge >= 0.3 is 0 Å². The van der Waals surface area contributed by atoms with Gasteiger partial charge in [0, 0.05) is 6.54 Å². The zero-order chi connectivity index (χ0) is 48.7. The Hall–Kier alpha value is -6.42. The standard InChI is InChI=1S/C52H71N9O6/c1-39(43-21-9-5-10-22-43)58(34-47(55)62)51(66)38-61(42(4)46-27-15-8-16-28-46)50(65)35-57(32-20-18-30-54)49(64)36-60(41(3)45-25-13-7-14-26-45)52(67)37-59(40(2)44-23-11-6-12-24-44)48(63)33-56-31-19-17-29-53/h5-16,21-28,39-42,56H,17-20,29-38,53-54H2,1-4H3,(H2,55,62)/t39-,40-,41-,42-/m0/s1. The van der Waals surface area contributed by atoms with E-state index in [0.29, 0.717) is 32.5 Å². The first-order chi connectivity index (χ1) is 32.3. The number of hydrogen-bond acceptors (Lipinski definition) is 9. The zero-order valence-corrected chi connectivity index (χ0v) is 39.7. The third-order valence-corrected chi connectivity index (χ3v) is 12.2. The molecule has 0 aliphatic carbocycles. The molecule has 0 radical (unpaired) electrons. The van der Waals surface area contributed by atoms with Crippen LogP contribution in [0.1, 0.15) is 99.8 Å². The molecule has 15 heteroatoms. The predicted molar refractivity (Wildman–Crippen MR) is 262 cm³/mol. The highest BCUT2D eigenvalue weighted by molar-refractivity contribution is 5.92. The smallest absolute Gasteiger partial charge is 0.243 e. The van der Waals surface area contributed by atoms with Gasteiger partial charge in [0.25, 0.3) is 0 Å². The third kappa shape index (κ3) is 16.5. The normalized spacial score (nSPS) is 12.8. The summed E-state index contributed by atoms with van der Waals surface area (Å²) in [6.45, 7) is 7.04. The molecule has 4 rings (SSSR count). The van der Waals surface area contributed by atoms with E-state index in [4.69, 9.17) is 17.2 Å². The number of rotatable bonds is 28. The number of amides is 6. The number of primary amides is 1. The maximum absolute atomic E-state index is 14.8. The molecule has 15 nitrogen and oxygen atoms in total. The van der Waals surface area contributed by atoms with Gasteiger partial charge in [-0.05, 0) is 95.3 Å². The number of nitrogens with zero attached hydrogens (tertiary/aromatic N) is 5. The van der Waals surface area contributed by atoms with E-state index in [0.717, 1.165) is 35.1 Å². The summed E-state index contributed by atoms with van der Waals surface area (Å²) in [6.07, 6.45) is 2.65. The number of hydrogen-bond donors (Lipinski definition) is 4. The Kier molecular flexibility index (Phi) is 22.2.